The van der Waals surface area contributed by atoms with Gasteiger partial charge in [0.2, 0.25) is 5.91 Å². The molecule has 0 saturated carbocycles. The van der Waals surface area contributed by atoms with Gasteiger partial charge in [0, 0.05) is 29.4 Å². The maximum atomic E-state index is 12.3. The fraction of sp³-hybridized carbons (Fsp3) is 0.211. The number of anilines is 1. The fourth-order valence-electron chi connectivity index (χ4n) is 2.87. The third-order valence-electron chi connectivity index (χ3n) is 4.29. The molecule has 1 atom stereocenters. The summed E-state index contributed by atoms with van der Waals surface area (Å²) in [5, 5.41) is 11.1. The zero-order valence-electron chi connectivity index (χ0n) is 15.7. The summed E-state index contributed by atoms with van der Waals surface area (Å²) >= 11 is 6.07. The van der Waals surface area contributed by atoms with Crippen molar-refractivity contribution in [1.29, 1.82) is 0 Å². The van der Waals surface area contributed by atoms with Crippen molar-refractivity contribution in [3.8, 4) is 11.3 Å². The molecule has 3 N–H and O–H groups in total. The number of hydrogen-bond acceptors (Lipinski definition) is 7. The molecule has 1 amide bonds. The molecule has 0 aliphatic carbocycles. The van der Waals surface area contributed by atoms with E-state index < -0.39 is 6.04 Å². The predicted molar refractivity (Wildman–Crippen MR) is 108 cm³/mol. The number of H-pyrrole nitrogens is 1. The maximum Gasteiger partial charge on any atom is 0.242 e. The Morgan fingerprint density at radius 1 is 1.31 bits per heavy atom. The van der Waals surface area contributed by atoms with Gasteiger partial charge < -0.3 is 20.1 Å². The molecule has 0 aromatic carbocycles. The van der Waals surface area contributed by atoms with Crippen molar-refractivity contribution in [2.24, 2.45) is 0 Å². The molecule has 4 heterocycles. The number of nitrogens with one attached hydrogen (secondary N) is 3. The second kappa shape index (κ2) is 7.88. The first kappa shape index (κ1) is 18.9. The summed E-state index contributed by atoms with van der Waals surface area (Å²) in [6.45, 7) is 3.83. The Balaban J connectivity index is 1.46. The molecule has 4 aromatic heterocycles. The van der Waals surface area contributed by atoms with E-state index in [0.717, 1.165) is 10.9 Å². The molecule has 0 bridgehead atoms. The van der Waals surface area contributed by atoms with Gasteiger partial charge in [-0.2, -0.15) is 0 Å². The molecule has 0 unspecified atom stereocenters. The summed E-state index contributed by atoms with van der Waals surface area (Å²) in [6, 6.07) is 3.07. The van der Waals surface area contributed by atoms with Gasteiger partial charge in [0.1, 0.15) is 29.0 Å². The average Bonchev–Trinajstić information content (AvgIpc) is 3.31. The molecule has 0 aliphatic heterocycles. The van der Waals surface area contributed by atoms with Gasteiger partial charge in [0.15, 0.2) is 0 Å². The number of carbonyl (C=O) groups is 1. The van der Waals surface area contributed by atoms with Crippen LogP contribution < -0.4 is 10.6 Å². The first-order valence-electron chi connectivity index (χ1n) is 8.91. The van der Waals surface area contributed by atoms with Crippen LogP contribution in [0.1, 0.15) is 18.4 Å². The lowest BCUT2D eigenvalue weighted by Gasteiger charge is -2.14. The van der Waals surface area contributed by atoms with E-state index in [9.17, 15) is 4.79 Å². The summed E-state index contributed by atoms with van der Waals surface area (Å²) in [6.07, 6.45) is 6.59. The minimum atomic E-state index is -0.522. The third-order valence-corrected chi connectivity index (χ3v) is 4.49. The van der Waals surface area contributed by atoms with Gasteiger partial charge in [-0.25, -0.2) is 9.97 Å². The summed E-state index contributed by atoms with van der Waals surface area (Å²) in [4.78, 5) is 28.5. The van der Waals surface area contributed by atoms with Crippen molar-refractivity contribution >= 4 is 34.4 Å². The number of halogens is 1. The van der Waals surface area contributed by atoms with Crippen LogP contribution in [-0.2, 0) is 11.3 Å². The van der Waals surface area contributed by atoms with Gasteiger partial charge in [-0.1, -0.05) is 16.8 Å². The molecule has 0 aliphatic rings. The fourth-order valence-corrected chi connectivity index (χ4v) is 3.03. The van der Waals surface area contributed by atoms with Gasteiger partial charge in [0.05, 0.1) is 29.7 Å². The van der Waals surface area contributed by atoms with Gasteiger partial charge >= 0.3 is 0 Å². The van der Waals surface area contributed by atoms with Crippen molar-refractivity contribution in [2.75, 3.05) is 5.32 Å². The lowest BCUT2D eigenvalue weighted by Crippen LogP contribution is -2.37. The number of nitrogens with zero attached hydrogens (tertiary/aromatic N) is 4. The second-order valence-electron chi connectivity index (χ2n) is 6.55. The Morgan fingerprint density at radius 3 is 2.97 bits per heavy atom. The molecule has 148 valence electrons. The number of fused-ring (bicyclic) bond motifs is 1. The van der Waals surface area contributed by atoms with Gasteiger partial charge in [-0.15, -0.1) is 0 Å². The SMILES string of the molecule is Cc1cc(CNC(=O)[C@@H](C)Nc2cncc(-c3c[nH]c4ncc(Cl)cc34)n2)no1. The third kappa shape index (κ3) is 4.19. The molecule has 4 aromatic rings. The highest BCUT2D eigenvalue weighted by atomic mass is 35.5. The minimum Gasteiger partial charge on any atom is -0.361 e. The summed E-state index contributed by atoms with van der Waals surface area (Å²) < 4.78 is 4.99. The second-order valence-corrected chi connectivity index (χ2v) is 6.99. The monoisotopic (exact) mass is 411 g/mol. The number of rotatable bonds is 6. The number of hydrogen-bond donors (Lipinski definition) is 3. The van der Waals surface area contributed by atoms with Crippen LogP contribution in [0.3, 0.4) is 0 Å². The molecule has 9 nitrogen and oxygen atoms in total. The molecule has 10 heteroatoms. The minimum absolute atomic E-state index is 0.194. The maximum absolute atomic E-state index is 12.3. The molecular weight excluding hydrogens is 394 g/mol. The number of aromatic nitrogens is 5. The first-order chi connectivity index (χ1) is 14.0. The van der Waals surface area contributed by atoms with E-state index in [4.69, 9.17) is 16.1 Å². The predicted octanol–water partition coefficient (Wildman–Crippen LogP) is 3.09. The van der Waals surface area contributed by atoms with E-state index in [1.807, 2.05) is 6.07 Å². The molecular formula is C19H18ClN7O2. The Hall–Kier alpha value is -3.46. The van der Waals surface area contributed by atoms with Crippen LogP contribution >= 0.6 is 11.6 Å². The Labute approximate surface area is 170 Å². The van der Waals surface area contributed by atoms with Gasteiger partial charge in [-0.05, 0) is 19.9 Å². The Kier molecular flexibility index (Phi) is 5.13. The van der Waals surface area contributed by atoms with E-state index in [1.165, 1.54) is 0 Å². The largest absolute Gasteiger partial charge is 0.361 e. The van der Waals surface area contributed by atoms with Crippen LogP contribution in [0.25, 0.3) is 22.3 Å². The number of amides is 1. The van der Waals surface area contributed by atoms with Gasteiger partial charge in [0.25, 0.3) is 0 Å². The van der Waals surface area contributed by atoms with Crippen LogP contribution in [0.15, 0.2) is 41.4 Å². The molecule has 0 fully saturated rings. The standard InChI is InChI=1S/C19H18ClN7O2/c1-10-3-13(27-29-10)6-24-19(28)11(2)25-17-9-21-8-16(26-17)15-7-23-18-14(15)4-12(20)5-22-18/h3-5,7-9,11H,6H2,1-2H3,(H,22,23)(H,24,28)(H,25,26)/t11-/m1/s1. The van der Waals surface area contributed by atoms with Crippen molar-refractivity contribution in [3.05, 3.63) is 53.4 Å². The lowest BCUT2D eigenvalue weighted by molar-refractivity contribution is -0.121. The van der Waals surface area contributed by atoms with E-state index in [-0.39, 0.29) is 12.5 Å². The van der Waals surface area contributed by atoms with Crippen LogP contribution in [0.2, 0.25) is 5.02 Å². The van der Waals surface area contributed by atoms with E-state index in [1.54, 1.807) is 44.7 Å². The number of carbonyl (C=O) groups excluding carboxylic acids is 1. The summed E-state index contributed by atoms with van der Waals surface area (Å²) in [7, 11) is 0. The number of aryl methyl sites for hydroxylation is 1. The molecule has 0 radical (unpaired) electrons. The Bertz CT molecular complexity index is 1170. The highest BCUT2D eigenvalue weighted by Crippen LogP contribution is 2.28. The quantitative estimate of drug-likeness (QED) is 0.445. The van der Waals surface area contributed by atoms with Crippen LogP contribution in [0.4, 0.5) is 5.82 Å². The van der Waals surface area contributed by atoms with E-state index >= 15 is 0 Å². The van der Waals surface area contributed by atoms with E-state index in [2.05, 4.69) is 35.7 Å². The Morgan fingerprint density at radius 2 is 2.17 bits per heavy atom. The van der Waals surface area contributed by atoms with Crippen molar-refractivity contribution in [2.45, 2.75) is 26.4 Å². The number of pyridine rings is 1. The highest BCUT2D eigenvalue weighted by molar-refractivity contribution is 6.31. The lowest BCUT2D eigenvalue weighted by atomic mass is 10.1. The van der Waals surface area contributed by atoms with Crippen molar-refractivity contribution in [1.82, 2.24) is 30.4 Å². The zero-order chi connectivity index (χ0) is 20.4. The van der Waals surface area contributed by atoms with Gasteiger partial charge in [-0.3, -0.25) is 9.78 Å². The van der Waals surface area contributed by atoms with Crippen molar-refractivity contribution in [3.63, 3.8) is 0 Å². The summed E-state index contributed by atoms with van der Waals surface area (Å²) in [5.41, 5.74) is 2.83. The smallest absolute Gasteiger partial charge is 0.242 e. The number of aromatic amines is 1. The normalized spacial score (nSPS) is 12.1. The molecule has 0 spiro atoms. The zero-order valence-corrected chi connectivity index (χ0v) is 16.5. The summed E-state index contributed by atoms with van der Waals surface area (Å²) in [5.74, 6) is 0.981. The van der Waals surface area contributed by atoms with E-state index in [0.29, 0.717) is 33.6 Å². The van der Waals surface area contributed by atoms with Crippen molar-refractivity contribution < 1.29 is 9.32 Å². The molecule has 0 saturated heterocycles. The molecule has 29 heavy (non-hydrogen) atoms. The highest BCUT2D eigenvalue weighted by Gasteiger charge is 2.15. The molecule has 4 rings (SSSR count). The average molecular weight is 412 g/mol. The first-order valence-corrected chi connectivity index (χ1v) is 9.29. The van der Waals surface area contributed by atoms with Crippen LogP contribution in [0.5, 0.6) is 0 Å². The van der Waals surface area contributed by atoms with Crippen LogP contribution in [-0.4, -0.2) is 37.0 Å². The topological polar surface area (TPSA) is 122 Å². The van der Waals surface area contributed by atoms with Crippen LogP contribution in [0, 0.1) is 6.92 Å².